The average molecular weight is 342 g/mol. The van der Waals surface area contributed by atoms with Crippen molar-refractivity contribution in [2.24, 2.45) is 5.41 Å². The summed E-state index contributed by atoms with van der Waals surface area (Å²) in [5.74, 6) is -1.23. The van der Waals surface area contributed by atoms with E-state index in [-0.39, 0.29) is 5.76 Å². The second-order valence-electron chi connectivity index (χ2n) is 5.83. The molecule has 1 saturated carbocycles. The Morgan fingerprint density at radius 1 is 1.09 bits per heavy atom. The summed E-state index contributed by atoms with van der Waals surface area (Å²) >= 11 is 0. The van der Waals surface area contributed by atoms with Crippen LogP contribution in [-0.2, 0) is 23.8 Å². The van der Waals surface area contributed by atoms with Gasteiger partial charge < -0.3 is 13.7 Å². The summed E-state index contributed by atoms with van der Waals surface area (Å²) in [5, 5.41) is 0. The van der Waals surface area contributed by atoms with Gasteiger partial charge in [-0.2, -0.15) is 21.6 Å². The van der Waals surface area contributed by atoms with Crippen molar-refractivity contribution in [1.82, 2.24) is 0 Å². The zero-order valence-corrected chi connectivity index (χ0v) is 12.6. The molecule has 0 aromatic carbocycles. The number of hydrogen-bond acceptors (Lipinski definition) is 5. The third kappa shape index (κ3) is 2.25. The SMILES string of the molecule is O=S(=O)(OC1=CCCC[C@]12CCCC21OCCO1)C(F)(F)F. The van der Waals surface area contributed by atoms with E-state index in [1.165, 1.54) is 6.08 Å². The fourth-order valence-corrected chi connectivity index (χ4v) is 4.35. The number of rotatable bonds is 2. The van der Waals surface area contributed by atoms with E-state index in [9.17, 15) is 21.6 Å². The van der Waals surface area contributed by atoms with Crippen molar-refractivity contribution in [3.8, 4) is 0 Å². The average Bonchev–Trinajstić information content (AvgIpc) is 3.02. The Morgan fingerprint density at radius 2 is 1.73 bits per heavy atom. The Morgan fingerprint density at radius 3 is 2.36 bits per heavy atom. The molecular weight excluding hydrogens is 325 g/mol. The molecule has 3 aliphatic rings. The minimum Gasteiger partial charge on any atom is -0.380 e. The number of fused-ring (bicyclic) bond motifs is 1. The Labute approximate surface area is 126 Å². The highest BCUT2D eigenvalue weighted by Crippen LogP contribution is 2.60. The molecule has 2 spiro atoms. The molecule has 1 aliphatic heterocycles. The first-order chi connectivity index (χ1) is 10.2. The van der Waals surface area contributed by atoms with Gasteiger partial charge in [-0.3, -0.25) is 0 Å². The molecule has 3 rings (SSSR count). The number of alkyl halides is 3. The summed E-state index contributed by atoms with van der Waals surface area (Å²) in [6.45, 7) is 0.697. The van der Waals surface area contributed by atoms with Crippen LogP contribution in [0.15, 0.2) is 11.8 Å². The molecule has 0 radical (unpaired) electrons. The Balaban J connectivity index is 1.97. The van der Waals surface area contributed by atoms with Crippen molar-refractivity contribution < 1.29 is 35.2 Å². The predicted molar refractivity (Wildman–Crippen MR) is 68.9 cm³/mol. The lowest BCUT2D eigenvalue weighted by Gasteiger charge is -2.44. The van der Waals surface area contributed by atoms with E-state index in [1.807, 2.05) is 0 Å². The first-order valence-electron chi connectivity index (χ1n) is 7.22. The third-order valence-electron chi connectivity index (χ3n) is 4.68. The van der Waals surface area contributed by atoms with Crippen molar-refractivity contribution in [2.45, 2.75) is 49.8 Å². The van der Waals surface area contributed by atoms with Crippen LogP contribution in [-0.4, -0.2) is 32.9 Å². The number of ether oxygens (including phenoxy) is 2. The van der Waals surface area contributed by atoms with Crippen molar-refractivity contribution in [2.75, 3.05) is 13.2 Å². The van der Waals surface area contributed by atoms with Gasteiger partial charge in [0.05, 0.1) is 18.6 Å². The molecule has 0 bridgehead atoms. The molecule has 1 saturated heterocycles. The van der Waals surface area contributed by atoms with Crippen LogP contribution in [0.1, 0.15) is 38.5 Å². The van der Waals surface area contributed by atoms with Crippen molar-refractivity contribution >= 4 is 10.1 Å². The molecule has 1 heterocycles. The second-order valence-corrected chi connectivity index (χ2v) is 7.37. The van der Waals surface area contributed by atoms with Crippen molar-refractivity contribution in [3.63, 3.8) is 0 Å². The first kappa shape index (κ1) is 16.1. The standard InChI is InChI=1S/C13H17F3O5S/c14-13(15,16)22(17,18)21-10-4-1-2-5-11(10)6-3-7-12(11)19-8-9-20-12/h4H,1-3,5-9H2/t11-/m0/s1. The maximum atomic E-state index is 12.6. The maximum Gasteiger partial charge on any atom is 0.534 e. The van der Waals surface area contributed by atoms with E-state index in [2.05, 4.69) is 4.18 Å². The Kier molecular flexibility index (Phi) is 3.73. The van der Waals surface area contributed by atoms with Crippen LogP contribution in [0.5, 0.6) is 0 Å². The quantitative estimate of drug-likeness (QED) is 0.570. The molecule has 0 amide bonds. The van der Waals surface area contributed by atoms with Crippen LogP contribution >= 0.6 is 0 Å². The summed E-state index contributed by atoms with van der Waals surface area (Å²) in [7, 11) is -5.69. The van der Waals surface area contributed by atoms with Crippen LogP contribution in [0, 0.1) is 5.41 Å². The van der Waals surface area contributed by atoms with Gasteiger partial charge in [-0.15, -0.1) is 0 Å². The maximum absolute atomic E-state index is 12.6. The van der Waals surface area contributed by atoms with Gasteiger partial charge in [-0.1, -0.05) is 0 Å². The van der Waals surface area contributed by atoms with Gasteiger partial charge in [0.2, 0.25) is 0 Å². The summed E-state index contributed by atoms with van der Waals surface area (Å²) in [6.07, 6.45) is 4.84. The molecule has 126 valence electrons. The zero-order valence-electron chi connectivity index (χ0n) is 11.8. The minimum atomic E-state index is -5.69. The molecule has 2 fully saturated rings. The predicted octanol–water partition coefficient (Wildman–Crippen LogP) is 2.83. The van der Waals surface area contributed by atoms with Gasteiger partial charge in [-0.25, -0.2) is 0 Å². The molecule has 0 N–H and O–H groups in total. The van der Waals surface area contributed by atoms with Crippen LogP contribution < -0.4 is 0 Å². The van der Waals surface area contributed by atoms with E-state index in [0.29, 0.717) is 45.3 Å². The lowest BCUT2D eigenvalue weighted by atomic mass is 9.72. The normalized spacial score (nSPS) is 31.7. The molecule has 2 aliphatic carbocycles. The number of hydrogen-bond donors (Lipinski definition) is 0. The number of allylic oxidation sites excluding steroid dienone is 1. The summed E-state index contributed by atoms with van der Waals surface area (Å²) in [6, 6.07) is 0. The van der Waals surface area contributed by atoms with E-state index in [0.717, 1.165) is 6.42 Å². The third-order valence-corrected chi connectivity index (χ3v) is 5.65. The fraction of sp³-hybridized carbons (Fsp3) is 0.846. The van der Waals surface area contributed by atoms with Crippen LogP contribution in [0.4, 0.5) is 13.2 Å². The second kappa shape index (κ2) is 5.10. The van der Waals surface area contributed by atoms with Gasteiger partial charge >= 0.3 is 15.6 Å². The molecule has 0 unspecified atom stereocenters. The highest BCUT2D eigenvalue weighted by atomic mass is 32.2. The largest absolute Gasteiger partial charge is 0.534 e. The molecular formula is C13H17F3O5S. The Hall–Kier alpha value is -0.800. The first-order valence-corrected chi connectivity index (χ1v) is 8.63. The highest BCUT2D eigenvalue weighted by Gasteiger charge is 2.63. The fourth-order valence-electron chi connectivity index (χ4n) is 3.79. The lowest BCUT2D eigenvalue weighted by molar-refractivity contribution is -0.220. The van der Waals surface area contributed by atoms with Gasteiger partial charge in [0.25, 0.3) is 0 Å². The van der Waals surface area contributed by atoms with E-state index < -0.39 is 26.8 Å². The minimum absolute atomic E-state index is 0.171. The van der Waals surface area contributed by atoms with Crippen LogP contribution in [0.2, 0.25) is 0 Å². The van der Waals surface area contributed by atoms with E-state index >= 15 is 0 Å². The van der Waals surface area contributed by atoms with Gasteiger partial charge in [0.15, 0.2) is 5.79 Å². The van der Waals surface area contributed by atoms with Crippen LogP contribution in [0.3, 0.4) is 0 Å². The molecule has 0 aromatic rings. The summed E-state index contributed by atoms with van der Waals surface area (Å²) in [4.78, 5) is 0. The topological polar surface area (TPSA) is 61.8 Å². The summed E-state index contributed by atoms with van der Waals surface area (Å²) in [5.41, 5.74) is -6.39. The zero-order chi connectivity index (χ0) is 16.1. The molecule has 0 aromatic heterocycles. The van der Waals surface area contributed by atoms with E-state index in [4.69, 9.17) is 9.47 Å². The monoisotopic (exact) mass is 342 g/mol. The molecule has 1 atom stereocenters. The van der Waals surface area contributed by atoms with Gasteiger partial charge in [-0.05, 0) is 38.2 Å². The van der Waals surface area contributed by atoms with Crippen molar-refractivity contribution in [3.05, 3.63) is 11.8 Å². The van der Waals surface area contributed by atoms with E-state index in [1.54, 1.807) is 0 Å². The molecule has 5 nitrogen and oxygen atoms in total. The summed E-state index contributed by atoms with van der Waals surface area (Å²) < 4.78 is 76.6. The smallest absolute Gasteiger partial charge is 0.380 e. The Bertz CT molecular complexity index is 571. The molecule has 22 heavy (non-hydrogen) atoms. The van der Waals surface area contributed by atoms with Gasteiger partial charge in [0.1, 0.15) is 5.76 Å². The number of halogens is 3. The van der Waals surface area contributed by atoms with Crippen LogP contribution in [0.25, 0.3) is 0 Å². The van der Waals surface area contributed by atoms with Gasteiger partial charge in [0, 0.05) is 6.42 Å². The lowest BCUT2D eigenvalue weighted by Crippen LogP contribution is -2.48. The van der Waals surface area contributed by atoms with Crippen molar-refractivity contribution in [1.29, 1.82) is 0 Å². The highest BCUT2D eigenvalue weighted by molar-refractivity contribution is 7.87. The molecule has 9 heteroatoms.